The molecule has 98 valence electrons. The summed E-state index contributed by atoms with van der Waals surface area (Å²) < 4.78 is 1.79. The van der Waals surface area contributed by atoms with E-state index < -0.39 is 0 Å². The summed E-state index contributed by atoms with van der Waals surface area (Å²) >= 11 is 1.57. The maximum Gasteiger partial charge on any atom is 0.234 e. The number of aryl methyl sites for hydroxylation is 1. The highest BCUT2D eigenvalue weighted by Crippen LogP contribution is 2.34. The molecule has 2 N–H and O–H groups in total. The van der Waals surface area contributed by atoms with E-state index >= 15 is 0 Å². The Bertz CT molecular complexity index is 723. The molecule has 6 heteroatoms. The minimum atomic E-state index is -0.175. The van der Waals surface area contributed by atoms with Gasteiger partial charge in [0.05, 0.1) is 0 Å². The molecule has 1 aromatic carbocycles. The Morgan fingerprint density at radius 3 is 2.47 bits per heavy atom. The van der Waals surface area contributed by atoms with Crippen LogP contribution in [0.5, 0.6) is 0 Å². The van der Waals surface area contributed by atoms with Crippen LogP contribution in [0.3, 0.4) is 0 Å². The first-order valence-electron chi connectivity index (χ1n) is 6.04. The van der Waals surface area contributed by atoms with E-state index in [1.54, 1.807) is 15.9 Å². The van der Waals surface area contributed by atoms with Gasteiger partial charge in [0.25, 0.3) is 0 Å². The number of hydrogen-bond acceptors (Lipinski definition) is 5. The van der Waals surface area contributed by atoms with Gasteiger partial charge in [-0.25, -0.2) is 0 Å². The number of rotatable bonds is 2. The molecule has 3 rings (SSSR count). The van der Waals surface area contributed by atoms with Gasteiger partial charge in [-0.2, -0.15) is 9.61 Å². The van der Waals surface area contributed by atoms with Crippen LogP contribution in [-0.4, -0.2) is 19.8 Å². The highest BCUT2D eigenvalue weighted by molar-refractivity contribution is 7.16. The maximum atomic E-state index is 5.74. The SMILES string of the molecule is Cc1nnc2sc(C(C)(C)c3ccc(N)cc3)nn12. The molecule has 0 radical (unpaired) electrons. The second-order valence-electron chi connectivity index (χ2n) is 5.10. The number of fused-ring (bicyclic) bond motifs is 1. The molecule has 3 aromatic rings. The van der Waals surface area contributed by atoms with Gasteiger partial charge >= 0.3 is 0 Å². The van der Waals surface area contributed by atoms with Crippen LogP contribution in [0.4, 0.5) is 5.69 Å². The zero-order chi connectivity index (χ0) is 13.6. The zero-order valence-electron chi connectivity index (χ0n) is 11.1. The van der Waals surface area contributed by atoms with Crippen molar-refractivity contribution in [2.75, 3.05) is 5.73 Å². The minimum absolute atomic E-state index is 0.175. The Labute approximate surface area is 115 Å². The standard InChI is InChI=1S/C13H15N5S/c1-8-15-16-12-18(8)17-11(19-12)13(2,3)9-4-6-10(14)7-5-9/h4-7H,14H2,1-3H3. The monoisotopic (exact) mass is 273 g/mol. The highest BCUT2D eigenvalue weighted by atomic mass is 32.1. The van der Waals surface area contributed by atoms with E-state index in [1.165, 1.54) is 5.56 Å². The largest absolute Gasteiger partial charge is 0.399 e. The van der Waals surface area contributed by atoms with Crippen LogP contribution < -0.4 is 5.73 Å². The van der Waals surface area contributed by atoms with E-state index in [4.69, 9.17) is 5.73 Å². The molecular formula is C13H15N5S. The molecule has 0 saturated carbocycles. The third-order valence-corrected chi connectivity index (χ3v) is 4.54. The molecule has 2 aromatic heterocycles. The summed E-state index contributed by atoms with van der Waals surface area (Å²) in [6, 6.07) is 7.93. The molecule has 2 heterocycles. The number of anilines is 1. The number of benzene rings is 1. The van der Waals surface area contributed by atoms with Gasteiger partial charge in [-0.3, -0.25) is 0 Å². The molecule has 0 unspecified atom stereocenters. The summed E-state index contributed by atoms with van der Waals surface area (Å²) in [6.45, 7) is 6.21. The molecule has 0 spiro atoms. The van der Waals surface area contributed by atoms with Gasteiger partial charge in [0.2, 0.25) is 4.96 Å². The summed E-state index contributed by atoms with van der Waals surface area (Å²) in [5, 5.41) is 13.8. The quantitative estimate of drug-likeness (QED) is 0.728. The molecule has 5 nitrogen and oxygen atoms in total. The molecule has 0 aliphatic rings. The van der Waals surface area contributed by atoms with Gasteiger partial charge in [0.15, 0.2) is 5.82 Å². The number of nitrogens with two attached hydrogens (primary N) is 1. The Kier molecular flexibility index (Phi) is 2.56. The molecule has 0 atom stereocenters. The second kappa shape index (κ2) is 4.03. The molecule has 19 heavy (non-hydrogen) atoms. The minimum Gasteiger partial charge on any atom is -0.399 e. The fraction of sp³-hybridized carbons (Fsp3) is 0.308. The van der Waals surface area contributed by atoms with Crippen molar-refractivity contribution in [1.29, 1.82) is 0 Å². The average molecular weight is 273 g/mol. The van der Waals surface area contributed by atoms with Crippen LogP contribution >= 0.6 is 11.3 Å². The van der Waals surface area contributed by atoms with Gasteiger partial charge in [0, 0.05) is 11.1 Å². The topological polar surface area (TPSA) is 69.1 Å². The summed E-state index contributed by atoms with van der Waals surface area (Å²) in [5.41, 5.74) is 7.52. The van der Waals surface area contributed by atoms with E-state index in [0.29, 0.717) is 0 Å². The molecule has 0 saturated heterocycles. The highest BCUT2D eigenvalue weighted by Gasteiger charge is 2.28. The Morgan fingerprint density at radius 2 is 1.84 bits per heavy atom. The molecule has 0 bridgehead atoms. The lowest BCUT2D eigenvalue weighted by molar-refractivity contribution is 0.618. The maximum absolute atomic E-state index is 5.74. The van der Waals surface area contributed by atoms with Crippen molar-refractivity contribution in [3.05, 3.63) is 40.7 Å². The van der Waals surface area contributed by atoms with Gasteiger partial charge in [-0.1, -0.05) is 23.5 Å². The van der Waals surface area contributed by atoms with Gasteiger partial charge in [-0.05, 0) is 38.5 Å². The van der Waals surface area contributed by atoms with Crippen molar-refractivity contribution in [2.45, 2.75) is 26.2 Å². The molecule has 0 aliphatic heterocycles. The Hall–Kier alpha value is -1.95. The first kappa shape index (κ1) is 12.1. The average Bonchev–Trinajstić information content (AvgIpc) is 2.93. The lowest BCUT2D eigenvalue weighted by Gasteiger charge is -2.22. The molecule has 0 fully saturated rings. The lowest BCUT2D eigenvalue weighted by Crippen LogP contribution is -2.19. The smallest absolute Gasteiger partial charge is 0.234 e. The fourth-order valence-corrected chi connectivity index (χ4v) is 3.00. The Morgan fingerprint density at radius 1 is 1.16 bits per heavy atom. The van der Waals surface area contributed by atoms with Gasteiger partial charge in [0.1, 0.15) is 5.01 Å². The van der Waals surface area contributed by atoms with Crippen molar-refractivity contribution < 1.29 is 0 Å². The summed E-state index contributed by atoms with van der Waals surface area (Å²) in [4.78, 5) is 0.830. The predicted molar refractivity (Wildman–Crippen MR) is 76.4 cm³/mol. The van der Waals surface area contributed by atoms with Crippen molar-refractivity contribution >= 4 is 22.0 Å². The van der Waals surface area contributed by atoms with Crippen LogP contribution in [0.1, 0.15) is 30.2 Å². The summed E-state index contributed by atoms with van der Waals surface area (Å²) in [5.74, 6) is 0.811. The van der Waals surface area contributed by atoms with E-state index in [1.807, 2.05) is 31.2 Å². The Balaban J connectivity index is 2.09. The van der Waals surface area contributed by atoms with Crippen LogP contribution in [0, 0.1) is 6.92 Å². The third kappa shape index (κ3) is 1.88. The van der Waals surface area contributed by atoms with Crippen LogP contribution in [-0.2, 0) is 5.41 Å². The van der Waals surface area contributed by atoms with Crippen molar-refractivity contribution in [2.24, 2.45) is 0 Å². The van der Waals surface area contributed by atoms with E-state index in [9.17, 15) is 0 Å². The number of aromatic nitrogens is 4. The van der Waals surface area contributed by atoms with E-state index in [2.05, 4.69) is 29.1 Å². The first-order valence-corrected chi connectivity index (χ1v) is 6.85. The van der Waals surface area contributed by atoms with E-state index in [0.717, 1.165) is 21.5 Å². The van der Waals surface area contributed by atoms with Gasteiger partial charge in [-0.15, -0.1) is 10.2 Å². The van der Waals surface area contributed by atoms with Crippen LogP contribution in [0.15, 0.2) is 24.3 Å². The normalized spacial score (nSPS) is 12.2. The van der Waals surface area contributed by atoms with Crippen molar-refractivity contribution in [1.82, 2.24) is 19.8 Å². The second-order valence-corrected chi connectivity index (χ2v) is 6.05. The van der Waals surface area contributed by atoms with Crippen molar-refractivity contribution in [3.63, 3.8) is 0 Å². The number of nitrogen functional groups attached to an aromatic ring is 1. The predicted octanol–water partition coefficient (Wildman–Crippen LogP) is 2.40. The van der Waals surface area contributed by atoms with Crippen LogP contribution in [0.25, 0.3) is 4.96 Å². The lowest BCUT2D eigenvalue weighted by atomic mass is 9.85. The zero-order valence-corrected chi connectivity index (χ0v) is 11.9. The molecular weight excluding hydrogens is 258 g/mol. The third-order valence-electron chi connectivity index (χ3n) is 3.31. The first-order chi connectivity index (χ1) is 8.98. The molecule has 0 amide bonds. The fourth-order valence-electron chi connectivity index (χ4n) is 1.99. The summed E-state index contributed by atoms with van der Waals surface area (Å²) in [7, 11) is 0. The van der Waals surface area contributed by atoms with E-state index in [-0.39, 0.29) is 5.41 Å². The van der Waals surface area contributed by atoms with Crippen molar-refractivity contribution in [3.8, 4) is 0 Å². The summed E-state index contributed by atoms with van der Waals surface area (Å²) in [6.07, 6.45) is 0. The van der Waals surface area contributed by atoms with Crippen LogP contribution in [0.2, 0.25) is 0 Å². The number of hydrogen-bond donors (Lipinski definition) is 1. The van der Waals surface area contributed by atoms with Gasteiger partial charge < -0.3 is 5.73 Å². The molecule has 0 aliphatic carbocycles. The number of nitrogens with zero attached hydrogens (tertiary/aromatic N) is 4.